The van der Waals surface area contributed by atoms with Crippen LogP contribution in [-0.4, -0.2) is 16.9 Å². The Balaban J connectivity index is 2.21. The molecule has 5 heteroatoms. The lowest BCUT2D eigenvalue weighted by molar-refractivity contribution is -0.146. The standard InChI is InChI=1S/C15H14N2O3/c1-10-3-5-12(6-4-10)13-7-8-16-14(9-13)15(19)17-20-11(2)18/h3-9H,1-2H3,(H,17,19). The summed E-state index contributed by atoms with van der Waals surface area (Å²) >= 11 is 0. The van der Waals surface area contributed by atoms with Crippen molar-refractivity contribution in [3.63, 3.8) is 0 Å². The topological polar surface area (TPSA) is 68.3 Å². The average molecular weight is 270 g/mol. The second kappa shape index (κ2) is 5.97. The number of nitrogens with one attached hydrogen (secondary N) is 1. The third-order valence-corrected chi connectivity index (χ3v) is 2.66. The Bertz CT molecular complexity index is 636. The van der Waals surface area contributed by atoms with Crippen molar-refractivity contribution >= 4 is 11.9 Å². The van der Waals surface area contributed by atoms with E-state index in [1.165, 1.54) is 13.1 Å². The second-order valence-electron chi connectivity index (χ2n) is 4.32. The summed E-state index contributed by atoms with van der Waals surface area (Å²) in [6, 6.07) is 11.4. The molecule has 1 heterocycles. The van der Waals surface area contributed by atoms with Gasteiger partial charge in [0.2, 0.25) is 0 Å². The highest BCUT2D eigenvalue weighted by atomic mass is 16.7. The maximum atomic E-state index is 11.7. The van der Waals surface area contributed by atoms with E-state index in [9.17, 15) is 9.59 Å². The Hall–Kier alpha value is -2.69. The molecule has 0 aliphatic carbocycles. The van der Waals surface area contributed by atoms with Gasteiger partial charge in [-0.05, 0) is 30.2 Å². The van der Waals surface area contributed by atoms with Crippen LogP contribution in [0.1, 0.15) is 23.0 Å². The molecule has 0 saturated carbocycles. The zero-order valence-electron chi connectivity index (χ0n) is 11.2. The van der Waals surface area contributed by atoms with Gasteiger partial charge < -0.3 is 4.84 Å². The van der Waals surface area contributed by atoms with Gasteiger partial charge in [-0.25, -0.2) is 0 Å². The molecule has 0 aliphatic rings. The van der Waals surface area contributed by atoms with E-state index in [2.05, 4.69) is 9.82 Å². The second-order valence-corrected chi connectivity index (χ2v) is 4.32. The number of carbonyl (C=O) groups is 2. The smallest absolute Gasteiger partial charge is 0.329 e. The summed E-state index contributed by atoms with van der Waals surface area (Å²) in [6.45, 7) is 3.21. The highest BCUT2D eigenvalue weighted by Gasteiger charge is 2.09. The molecule has 0 spiro atoms. The molecule has 20 heavy (non-hydrogen) atoms. The summed E-state index contributed by atoms with van der Waals surface area (Å²) in [5, 5.41) is 0. The third kappa shape index (κ3) is 3.41. The molecule has 102 valence electrons. The van der Waals surface area contributed by atoms with Gasteiger partial charge >= 0.3 is 11.9 Å². The zero-order valence-corrected chi connectivity index (χ0v) is 11.2. The van der Waals surface area contributed by atoms with E-state index in [0.717, 1.165) is 16.7 Å². The molecule has 2 aromatic rings. The van der Waals surface area contributed by atoms with Crippen LogP contribution >= 0.6 is 0 Å². The SMILES string of the molecule is CC(=O)ONC(=O)c1cc(-c2ccc(C)cc2)ccn1. The molecule has 1 aromatic carbocycles. The van der Waals surface area contributed by atoms with Crippen LogP contribution in [0.2, 0.25) is 0 Å². The number of benzene rings is 1. The number of pyridine rings is 1. The fourth-order valence-electron chi connectivity index (χ4n) is 1.65. The van der Waals surface area contributed by atoms with E-state index in [0.29, 0.717) is 0 Å². The van der Waals surface area contributed by atoms with Crippen molar-refractivity contribution < 1.29 is 14.4 Å². The van der Waals surface area contributed by atoms with Gasteiger partial charge in [0.25, 0.3) is 0 Å². The zero-order chi connectivity index (χ0) is 14.5. The molecule has 0 radical (unpaired) electrons. The highest BCUT2D eigenvalue weighted by molar-refractivity contribution is 5.93. The number of amides is 1. The Morgan fingerprint density at radius 2 is 1.80 bits per heavy atom. The van der Waals surface area contributed by atoms with Crippen LogP contribution in [0.4, 0.5) is 0 Å². The van der Waals surface area contributed by atoms with Gasteiger partial charge in [-0.3, -0.25) is 14.6 Å². The van der Waals surface area contributed by atoms with Crippen molar-refractivity contribution in [2.24, 2.45) is 0 Å². The molecule has 5 nitrogen and oxygen atoms in total. The quantitative estimate of drug-likeness (QED) is 0.850. The lowest BCUT2D eigenvalue weighted by Crippen LogP contribution is -2.26. The van der Waals surface area contributed by atoms with Gasteiger partial charge in [0.15, 0.2) is 0 Å². The van der Waals surface area contributed by atoms with E-state index < -0.39 is 11.9 Å². The van der Waals surface area contributed by atoms with Crippen molar-refractivity contribution in [2.45, 2.75) is 13.8 Å². The minimum absolute atomic E-state index is 0.185. The van der Waals surface area contributed by atoms with Crippen LogP contribution in [0.5, 0.6) is 0 Å². The molecule has 1 aromatic heterocycles. The van der Waals surface area contributed by atoms with Gasteiger partial charge in [-0.2, -0.15) is 5.48 Å². The molecule has 0 fully saturated rings. The molecular weight excluding hydrogens is 256 g/mol. The van der Waals surface area contributed by atoms with Crippen molar-refractivity contribution in [2.75, 3.05) is 0 Å². The van der Waals surface area contributed by atoms with Crippen molar-refractivity contribution in [1.29, 1.82) is 0 Å². The maximum Gasteiger partial charge on any atom is 0.329 e. The molecule has 0 atom stereocenters. The molecule has 1 N–H and O–H groups in total. The summed E-state index contributed by atoms with van der Waals surface area (Å²) in [6.07, 6.45) is 1.54. The number of hydrogen-bond donors (Lipinski definition) is 1. The molecule has 1 amide bonds. The lowest BCUT2D eigenvalue weighted by Gasteiger charge is -2.06. The predicted molar refractivity (Wildman–Crippen MR) is 73.6 cm³/mol. The molecule has 2 rings (SSSR count). The number of hydroxylamine groups is 1. The first-order valence-corrected chi connectivity index (χ1v) is 6.07. The summed E-state index contributed by atoms with van der Waals surface area (Å²) in [5.41, 5.74) is 5.24. The summed E-state index contributed by atoms with van der Waals surface area (Å²) in [4.78, 5) is 30.8. The first-order valence-electron chi connectivity index (χ1n) is 6.07. The normalized spacial score (nSPS) is 9.90. The molecule has 0 saturated heterocycles. The average Bonchev–Trinajstić information content (AvgIpc) is 2.45. The first-order chi connectivity index (χ1) is 9.56. The Labute approximate surface area is 116 Å². The van der Waals surface area contributed by atoms with E-state index in [1.807, 2.05) is 42.7 Å². The number of aryl methyl sites for hydroxylation is 1. The van der Waals surface area contributed by atoms with Crippen molar-refractivity contribution in [1.82, 2.24) is 10.5 Å². The van der Waals surface area contributed by atoms with Gasteiger partial charge in [0.1, 0.15) is 5.69 Å². The van der Waals surface area contributed by atoms with Gasteiger partial charge in [0, 0.05) is 13.1 Å². The van der Waals surface area contributed by atoms with Crippen LogP contribution in [0.3, 0.4) is 0 Å². The fraction of sp³-hybridized carbons (Fsp3) is 0.133. The number of aromatic nitrogens is 1. The summed E-state index contributed by atoms with van der Waals surface area (Å²) in [7, 11) is 0. The third-order valence-electron chi connectivity index (χ3n) is 2.66. The van der Waals surface area contributed by atoms with Crippen molar-refractivity contribution in [3.05, 3.63) is 53.9 Å². The largest absolute Gasteiger partial charge is 0.341 e. The van der Waals surface area contributed by atoms with E-state index in [-0.39, 0.29) is 5.69 Å². The minimum atomic E-state index is -0.590. The van der Waals surface area contributed by atoms with E-state index >= 15 is 0 Å². The number of rotatable bonds is 2. The maximum absolute atomic E-state index is 11.7. The van der Waals surface area contributed by atoms with Crippen LogP contribution in [0.25, 0.3) is 11.1 Å². The van der Waals surface area contributed by atoms with Crippen LogP contribution in [0.15, 0.2) is 42.6 Å². The van der Waals surface area contributed by atoms with Crippen LogP contribution < -0.4 is 5.48 Å². The van der Waals surface area contributed by atoms with E-state index in [1.54, 1.807) is 6.07 Å². The number of carbonyl (C=O) groups excluding carboxylic acids is 2. The Kier molecular flexibility index (Phi) is 4.10. The molecular formula is C15H14N2O3. The van der Waals surface area contributed by atoms with Gasteiger partial charge in [-0.15, -0.1) is 0 Å². The number of nitrogens with zero attached hydrogens (tertiary/aromatic N) is 1. The molecule has 0 aliphatic heterocycles. The Morgan fingerprint density at radius 1 is 1.10 bits per heavy atom. The fourth-order valence-corrected chi connectivity index (χ4v) is 1.65. The Morgan fingerprint density at radius 3 is 2.45 bits per heavy atom. The summed E-state index contributed by atoms with van der Waals surface area (Å²) in [5.74, 6) is -1.15. The lowest BCUT2D eigenvalue weighted by atomic mass is 10.0. The monoisotopic (exact) mass is 270 g/mol. The first kappa shape index (κ1) is 13.7. The van der Waals surface area contributed by atoms with Gasteiger partial charge in [0.05, 0.1) is 0 Å². The van der Waals surface area contributed by atoms with E-state index in [4.69, 9.17) is 0 Å². The van der Waals surface area contributed by atoms with Crippen LogP contribution in [0, 0.1) is 6.92 Å². The molecule has 0 unspecified atom stereocenters. The predicted octanol–water partition coefficient (Wildman–Crippen LogP) is 2.26. The minimum Gasteiger partial charge on any atom is -0.341 e. The highest BCUT2D eigenvalue weighted by Crippen LogP contribution is 2.19. The van der Waals surface area contributed by atoms with Gasteiger partial charge in [-0.1, -0.05) is 29.8 Å². The van der Waals surface area contributed by atoms with Crippen LogP contribution in [-0.2, 0) is 9.63 Å². The van der Waals surface area contributed by atoms with Crippen molar-refractivity contribution in [3.8, 4) is 11.1 Å². The molecule has 0 bridgehead atoms. The number of hydrogen-bond acceptors (Lipinski definition) is 4. The summed E-state index contributed by atoms with van der Waals surface area (Å²) < 4.78 is 0.